The van der Waals surface area contributed by atoms with Gasteiger partial charge >= 0.3 is 5.97 Å². The highest BCUT2D eigenvalue weighted by atomic mass is 19.1. The van der Waals surface area contributed by atoms with Crippen LogP contribution in [0, 0.1) is 5.82 Å². The minimum atomic E-state index is -0.514. The van der Waals surface area contributed by atoms with Gasteiger partial charge in [0.2, 0.25) is 0 Å². The highest BCUT2D eigenvalue weighted by Gasteiger charge is 2.13. The van der Waals surface area contributed by atoms with E-state index < -0.39 is 5.97 Å². The van der Waals surface area contributed by atoms with E-state index in [2.05, 4.69) is 13.5 Å². The zero-order valence-corrected chi connectivity index (χ0v) is 18.4. The lowest BCUT2D eigenvalue weighted by atomic mass is 9.94. The van der Waals surface area contributed by atoms with Gasteiger partial charge in [-0.25, -0.2) is 9.18 Å². The van der Waals surface area contributed by atoms with E-state index in [9.17, 15) is 14.3 Å². The lowest BCUT2D eigenvalue weighted by Crippen LogP contribution is -2.02. The van der Waals surface area contributed by atoms with Crippen LogP contribution >= 0.6 is 0 Å². The number of esters is 1. The normalized spacial score (nSPS) is 10.7. The second kappa shape index (κ2) is 11.4. The summed E-state index contributed by atoms with van der Waals surface area (Å²) in [5, 5.41) is 9.29. The van der Waals surface area contributed by atoms with Crippen LogP contribution in [0.3, 0.4) is 0 Å². The molecule has 0 atom stereocenters. The summed E-state index contributed by atoms with van der Waals surface area (Å²) in [6, 6.07) is 18.6. The molecule has 3 aromatic rings. The number of benzene rings is 3. The first-order valence-electron chi connectivity index (χ1n) is 11.0. The molecular formula is C28H29FO3. The molecule has 166 valence electrons. The van der Waals surface area contributed by atoms with E-state index in [0.717, 1.165) is 65.1 Å². The second-order valence-corrected chi connectivity index (χ2v) is 7.81. The van der Waals surface area contributed by atoms with Gasteiger partial charge in [0.15, 0.2) is 0 Å². The van der Waals surface area contributed by atoms with Gasteiger partial charge in [0.05, 0.1) is 6.61 Å². The van der Waals surface area contributed by atoms with E-state index >= 15 is 0 Å². The average Bonchev–Trinajstić information content (AvgIpc) is 2.82. The lowest BCUT2D eigenvalue weighted by Gasteiger charge is -2.14. The Kier molecular flexibility index (Phi) is 8.34. The number of unbranched alkanes of at least 4 members (excludes halogenated alkanes) is 2. The first-order chi connectivity index (χ1) is 15.5. The van der Waals surface area contributed by atoms with Crippen LogP contribution in [0.1, 0.15) is 42.9 Å². The molecule has 0 aliphatic rings. The van der Waals surface area contributed by atoms with Crippen LogP contribution in [-0.2, 0) is 29.2 Å². The maximum Gasteiger partial charge on any atom is 0.330 e. The van der Waals surface area contributed by atoms with Crippen molar-refractivity contribution in [1.82, 2.24) is 0 Å². The summed E-state index contributed by atoms with van der Waals surface area (Å²) in [7, 11) is 0. The molecule has 0 saturated carbocycles. The zero-order chi connectivity index (χ0) is 22.9. The van der Waals surface area contributed by atoms with Gasteiger partial charge in [0.25, 0.3) is 0 Å². The smallest absolute Gasteiger partial charge is 0.330 e. The van der Waals surface area contributed by atoms with Crippen molar-refractivity contribution in [3.8, 4) is 22.3 Å². The molecule has 4 heteroatoms. The van der Waals surface area contributed by atoms with Crippen LogP contribution in [0.5, 0.6) is 0 Å². The summed E-state index contributed by atoms with van der Waals surface area (Å²) >= 11 is 0. The predicted molar refractivity (Wildman–Crippen MR) is 126 cm³/mol. The van der Waals surface area contributed by atoms with E-state index in [1.165, 1.54) is 0 Å². The fourth-order valence-corrected chi connectivity index (χ4v) is 3.69. The fraction of sp³-hybridized carbons (Fsp3) is 0.250. The number of carbonyl (C=O) groups is 1. The van der Waals surface area contributed by atoms with Crippen LogP contribution in [0.4, 0.5) is 4.39 Å². The molecule has 3 rings (SSSR count). The van der Waals surface area contributed by atoms with Crippen LogP contribution in [-0.4, -0.2) is 11.1 Å². The van der Waals surface area contributed by atoms with E-state index in [1.807, 2.05) is 54.6 Å². The second-order valence-electron chi connectivity index (χ2n) is 7.81. The maximum atomic E-state index is 14.9. The number of carbonyl (C=O) groups excluding carboxylic acids is 1. The molecule has 0 spiro atoms. The summed E-state index contributed by atoms with van der Waals surface area (Å²) in [4.78, 5) is 11.6. The van der Waals surface area contributed by atoms with Gasteiger partial charge in [0, 0.05) is 11.6 Å². The predicted octanol–water partition coefficient (Wildman–Crippen LogP) is 6.61. The fourth-order valence-electron chi connectivity index (χ4n) is 3.69. The van der Waals surface area contributed by atoms with Gasteiger partial charge in [0.1, 0.15) is 12.4 Å². The number of halogens is 1. The summed E-state index contributed by atoms with van der Waals surface area (Å²) in [6.45, 7) is 5.60. The average molecular weight is 433 g/mol. The summed E-state index contributed by atoms with van der Waals surface area (Å²) < 4.78 is 20.2. The maximum absolute atomic E-state index is 14.9. The molecule has 0 radical (unpaired) electrons. The summed E-state index contributed by atoms with van der Waals surface area (Å²) in [6.07, 6.45) is 5.32. The Hall–Kier alpha value is -3.24. The van der Waals surface area contributed by atoms with Gasteiger partial charge < -0.3 is 9.84 Å². The van der Waals surface area contributed by atoms with Crippen LogP contribution in [0.15, 0.2) is 73.3 Å². The molecule has 0 fully saturated rings. The minimum Gasteiger partial charge on any atom is -0.458 e. The Morgan fingerprint density at radius 1 is 0.969 bits per heavy atom. The van der Waals surface area contributed by atoms with Crippen molar-refractivity contribution in [3.05, 3.63) is 95.8 Å². The van der Waals surface area contributed by atoms with Gasteiger partial charge in [-0.1, -0.05) is 74.9 Å². The minimum absolute atomic E-state index is 0.0310. The van der Waals surface area contributed by atoms with Gasteiger partial charge in [-0.05, 0) is 58.4 Å². The van der Waals surface area contributed by atoms with Gasteiger partial charge in [-0.3, -0.25) is 0 Å². The number of hydrogen-bond acceptors (Lipinski definition) is 3. The van der Waals surface area contributed by atoms with E-state index in [-0.39, 0.29) is 19.0 Å². The molecule has 0 amide bonds. The molecule has 0 aliphatic heterocycles. The SMILES string of the molecule is C=CC(=O)OCc1cc(-c2ccc(CCCCC)cc2F)ccc1-c1ccc(CO)cc1. The Labute approximate surface area is 189 Å². The van der Waals surface area contributed by atoms with E-state index in [0.29, 0.717) is 5.56 Å². The molecule has 0 heterocycles. The lowest BCUT2D eigenvalue weighted by molar-refractivity contribution is -0.138. The largest absolute Gasteiger partial charge is 0.458 e. The molecule has 0 aliphatic carbocycles. The van der Waals surface area contributed by atoms with E-state index in [4.69, 9.17) is 4.74 Å². The number of aliphatic hydroxyl groups excluding tert-OH is 1. The highest BCUT2D eigenvalue weighted by Crippen LogP contribution is 2.31. The molecular weight excluding hydrogens is 403 g/mol. The third-order valence-corrected chi connectivity index (χ3v) is 5.50. The summed E-state index contributed by atoms with van der Waals surface area (Å²) in [5.41, 5.74) is 5.62. The Balaban J connectivity index is 1.95. The standard InChI is InChI=1S/C28H29FO3/c1-3-5-6-7-20-10-14-26(27(29)16-20)23-13-15-25(22-11-8-21(18-30)9-12-22)24(17-23)19-32-28(31)4-2/h4,8-17,30H,2-3,5-7,18-19H2,1H3. The highest BCUT2D eigenvalue weighted by molar-refractivity contribution is 5.81. The molecule has 0 unspecified atom stereocenters. The number of rotatable bonds is 10. The van der Waals surface area contributed by atoms with Crippen molar-refractivity contribution >= 4 is 5.97 Å². The Morgan fingerprint density at radius 2 is 1.66 bits per heavy atom. The Bertz CT molecular complexity index is 1070. The van der Waals surface area contributed by atoms with Crippen molar-refractivity contribution in [2.45, 2.75) is 45.8 Å². The van der Waals surface area contributed by atoms with Crippen molar-refractivity contribution < 1.29 is 19.0 Å². The molecule has 0 bridgehead atoms. The molecule has 3 nitrogen and oxygen atoms in total. The molecule has 32 heavy (non-hydrogen) atoms. The molecule has 0 saturated heterocycles. The van der Waals surface area contributed by atoms with Crippen molar-refractivity contribution in [2.75, 3.05) is 0 Å². The third-order valence-electron chi connectivity index (χ3n) is 5.50. The molecule has 1 N–H and O–H groups in total. The van der Waals surface area contributed by atoms with Crippen LogP contribution < -0.4 is 0 Å². The van der Waals surface area contributed by atoms with Crippen LogP contribution in [0.2, 0.25) is 0 Å². The molecule has 0 aromatic heterocycles. The van der Waals surface area contributed by atoms with Crippen molar-refractivity contribution in [1.29, 1.82) is 0 Å². The monoisotopic (exact) mass is 432 g/mol. The first-order valence-corrected chi connectivity index (χ1v) is 11.0. The number of aryl methyl sites for hydroxylation is 1. The van der Waals surface area contributed by atoms with Crippen molar-refractivity contribution in [2.24, 2.45) is 0 Å². The van der Waals surface area contributed by atoms with Crippen molar-refractivity contribution in [3.63, 3.8) is 0 Å². The first kappa shape index (κ1) is 23.4. The third kappa shape index (κ3) is 5.92. The number of aliphatic hydroxyl groups is 1. The zero-order valence-electron chi connectivity index (χ0n) is 18.4. The van der Waals surface area contributed by atoms with E-state index in [1.54, 1.807) is 6.07 Å². The Morgan fingerprint density at radius 3 is 2.31 bits per heavy atom. The number of ether oxygens (including phenoxy) is 1. The summed E-state index contributed by atoms with van der Waals surface area (Å²) in [5.74, 6) is -0.771. The topological polar surface area (TPSA) is 46.5 Å². The van der Waals surface area contributed by atoms with Gasteiger partial charge in [-0.2, -0.15) is 0 Å². The quantitative estimate of drug-likeness (QED) is 0.223. The van der Waals surface area contributed by atoms with Crippen LogP contribution in [0.25, 0.3) is 22.3 Å². The number of hydrogen-bond donors (Lipinski definition) is 1. The molecule has 3 aromatic carbocycles. The van der Waals surface area contributed by atoms with Gasteiger partial charge in [-0.15, -0.1) is 0 Å².